The van der Waals surface area contributed by atoms with Gasteiger partial charge in [0, 0.05) is 29.2 Å². The van der Waals surface area contributed by atoms with Crippen molar-refractivity contribution in [1.82, 2.24) is 9.13 Å². The van der Waals surface area contributed by atoms with E-state index >= 15 is 0 Å². The third-order valence-electron chi connectivity index (χ3n) is 7.82. The van der Waals surface area contributed by atoms with E-state index in [0.29, 0.717) is 44.2 Å². The number of rotatable bonds is 8. The molecule has 9 nitrogen and oxygen atoms in total. The standard InChI is InChI=1S/C35H30N4O5S/c1-5-44-34(41)31-21(2)37-35-39(32(31)22-14-15-28(42-3)29(16-22)43-4)33(40)30(45-35)17-25-20-38(27-13-9-8-12-26(25)27)19-24-11-7-6-10-23(24)18-36/h6-17,20,32H,5,19H2,1-4H3/b30-17+/t32-/m1/s1. The molecule has 1 aliphatic heterocycles. The zero-order valence-electron chi connectivity index (χ0n) is 25.2. The van der Waals surface area contributed by atoms with Crippen LogP contribution in [0, 0.1) is 11.3 Å². The van der Waals surface area contributed by atoms with Crippen LogP contribution in [-0.2, 0) is 16.1 Å². The van der Waals surface area contributed by atoms with Gasteiger partial charge in [0.2, 0.25) is 0 Å². The SMILES string of the molecule is CCOC(=O)C1=C(C)N=c2s/c(=C/c3cn(Cc4ccccc4C#N)c4ccccc34)c(=O)n2[C@@H]1c1ccc(OC)c(OC)c1. The lowest BCUT2D eigenvalue weighted by molar-refractivity contribution is -0.139. The van der Waals surface area contributed by atoms with E-state index in [1.807, 2.05) is 66.9 Å². The zero-order chi connectivity index (χ0) is 31.7. The van der Waals surface area contributed by atoms with Crippen LogP contribution in [0.1, 0.15) is 42.1 Å². The third kappa shape index (κ3) is 5.32. The topological polar surface area (TPSA) is 108 Å². The van der Waals surface area contributed by atoms with E-state index < -0.39 is 12.0 Å². The highest BCUT2D eigenvalue weighted by Gasteiger charge is 2.34. The largest absolute Gasteiger partial charge is 0.493 e. The van der Waals surface area contributed by atoms with Crippen molar-refractivity contribution in [2.24, 2.45) is 4.99 Å². The van der Waals surface area contributed by atoms with Crippen molar-refractivity contribution in [3.63, 3.8) is 0 Å². The Kier molecular flexibility index (Phi) is 8.11. The minimum absolute atomic E-state index is 0.182. The first-order chi connectivity index (χ1) is 21.9. The van der Waals surface area contributed by atoms with Crippen molar-refractivity contribution in [3.05, 3.63) is 126 Å². The molecule has 3 heterocycles. The number of carbonyl (C=O) groups excluding carboxylic acids is 1. The van der Waals surface area contributed by atoms with Crippen molar-refractivity contribution < 1.29 is 19.0 Å². The second-order valence-corrected chi connectivity index (χ2v) is 11.4. The molecule has 45 heavy (non-hydrogen) atoms. The molecule has 0 N–H and O–H groups in total. The number of hydrogen-bond acceptors (Lipinski definition) is 8. The van der Waals surface area contributed by atoms with Crippen LogP contribution in [0.2, 0.25) is 0 Å². The molecule has 10 heteroatoms. The number of aromatic nitrogens is 2. The average Bonchev–Trinajstić information content (AvgIpc) is 3.56. The molecule has 5 aromatic rings. The number of fused-ring (bicyclic) bond motifs is 2. The zero-order valence-corrected chi connectivity index (χ0v) is 26.1. The molecule has 1 aliphatic rings. The van der Waals surface area contributed by atoms with Gasteiger partial charge in [-0.3, -0.25) is 9.36 Å². The lowest BCUT2D eigenvalue weighted by atomic mass is 9.95. The maximum Gasteiger partial charge on any atom is 0.338 e. The normalized spacial score (nSPS) is 14.6. The van der Waals surface area contributed by atoms with E-state index in [0.717, 1.165) is 22.0 Å². The third-order valence-corrected chi connectivity index (χ3v) is 8.81. The minimum atomic E-state index is -0.786. The first kappa shape index (κ1) is 29.7. The van der Waals surface area contributed by atoms with E-state index in [2.05, 4.69) is 10.6 Å². The number of carbonyl (C=O) groups is 1. The first-order valence-electron chi connectivity index (χ1n) is 14.4. The predicted octanol–water partition coefficient (Wildman–Crippen LogP) is 4.69. The molecule has 0 spiro atoms. The summed E-state index contributed by atoms with van der Waals surface area (Å²) >= 11 is 1.27. The summed E-state index contributed by atoms with van der Waals surface area (Å²) in [5, 5.41) is 10.6. The molecule has 0 unspecified atom stereocenters. The van der Waals surface area contributed by atoms with Gasteiger partial charge >= 0.3 is 5.97 Å². The van der Waals surface area contributed by atoms with Crippen molar-refractivity contribution in [2.45, 2.75) is 26.4 Å². The number of esters is 1. The second-order valence-electron chi connectivity index (χ2n) is 10.4. The highest BCUT2D eigenvalue weighted by molar-refractivity contribution is 7.07. The van der Waals surface area contributed by atoms with Gasteiger partial charge in [0.25, 0.3) is 5.56 Å². The Bertz CT molecular complexity index is 2220. The Hall–Kier alpha value is -5.40. The molecule has 0 saturated heterocycles. The minimum Gasteiger partial charge on any atom is -0.493 e. The molecule has 0 saturated carbocycles. The Morgan fingerprint density at radius 3 is 2.58 bits per heavy atom. The fraction of sp³-hybridized carbons (Fsp3) is 0.200. The summed E-state index contributed by atoms with van der Waals surface area (Å²) in [6, 6.07) is 22.3. The first-order valence-corrected chi connectivity index (χ1v) is 15.2. The number of thiazole rings is 1. The summed E-state index contributed by atoms with van der Waals surface area (Å²) in [5.74, 6) is 0.468. The number of hydrogen-bond donors (Lipinski definition) is 0. The molecule has 3 aromatic carbocycles. The van der Waals surface area contributed by atoms with Gasteiger partial charge in [-0.05, 0) is 55.3 Å². The molecule has 6 rings (SSSR count). The maximum atomic E-state index is 14.2. The number of methoxy groups -OCH3 is 2. The molecule has 0 radical (unpaired) electrons. The van der Waals surface area contributed by atoms with Gasteiger partial charge in [0.1, 0.15) is 0 Å². The molecular weight excluding hydrogens is 588 g/mol. The van der Waals surface area contributed by atoms with Gasteiger partial charge in [0.05, 0.1) is 54.3 Å². The van der Waals surface area contributed by atoms with Crippen molar-refractivity contribution in [2.75, 3.05) is 20.8 Å². The van der Waals surface area contributed by atoms with Gasteiger partial charge in [-0.15, -0.1) is 0 Å². The van der Waals surface area contributed by atoms with E-state index in [1.54, 1.807) is 37.7 Å². The fourth-order valence-corrected chi connectivity index (χ4v) is 6.78. The monoisotopic (exact) mass is 618 g/mol. The average molecular weight is 619 g/mol. The Balaban J connectivity index is 1.53. The van der Waals surface area contributed by atoms with Gasteiger partial charge in [0.15, 0.2) is 16.3 Å². The predicted molar refractivity (Wildman–Crippen MR) is 172 cm³/mol. The van der Waals surface area contributed by atoms with Crippen LogP contribution >= 0.6 is 11.3 Å². The quantitative estimate of drug-likeness (QED) is 0.234. The summed E-state index contributed by atoms with van der Waals surface area (Å²) in [4.78, 5) is 32.7. The van der Waals surface area contributed by atoms with Crippen LogP contribution in [0.4, 0.5) is 0 Å². The molecule has 226 valence electrons. The Morgan fingerprint density at radius 1 is 1.07 bits per heavy atom. The molecule has 0 aliphatic carbocycles. The molecule has 0 bridgehead atoms. The second kappa shape index (κ2) is 12.3. The number of nitriles is 1. The molecule has 1 atom stereocenters. The smallest absolute Gasteiger partial charge is 0.338 e. The van der Waals surface area contributed by atoms with Gasteiger partial charge in [-0.1, -0.05) is 53.8 Å². The van der Waals surface area contributed by atoms with Crippen LogP contribution in [0.3, 0.4) is 0 Å². The van der Waals surface area contributed by atoms with E-state index in [1.165, 1.54) is 18.4 Å². The van der Waals surface area contributed by atoms with Crippen LogP contribution in [0.15, 0.2) is 94.0 Å². The molecule has 0 fully saturated rings. The van der Waals surface area contributed by atoms with Gasteiger partial charge < -0.3 is 18.8 Å². The van der Waals surface area contributed by atoms with Crippen molar-refractivity contribution in [1.29, 1.82) is 5.26 Å². The Morgan fingerprint density at radius 2 is 1.82 bits per heavy atom. The Labute approximate surface area is 263 Å². The number of allylic oxidation sites excluding steroid dienone is 1. The highest BCUT2D eigenvalue weighted by atomic mass is 32.1. The lowest BCUT2D eigenvalue weighted by Gasteiger charge is -2.25. The van der Waals surface area contributed by atoms with Crippen LogP contribution in [-0.4, -0.2) is 35.9 Å². The fourth-order valence-electron chi connectivity index (χ4n) is 5.74. The summed E-state index contributed by atoms with van der Waals surface area (Å²) in [6.45, 7) is 4.18. The summed E-state index contributed by atoms with van der Waals surface area (Å²) < 4.78 is 20.5. The number of nitrogens with zero attached hydrogens (tertiary/aromatic N) is 4. The number of benzene rings is 3. The summed E-state index contributed by atoms with van der Waals surface area (Å²) in [6.07, 6.45) is 3.87. The molecular formula is C35H30N4O5S. The lowest BCUT2D eigenvalue weighted by Crippen LogP contribution is -2.39. The van der Waals surface area contributed by atoms with Gasteiger partial charge in [-0.2, -0.15) is 5.26 Å². The number of ether oxygens (including phenoxy) is 3. The maximum absolute atomic E-state index is 14.2. The van der Waals surface area contributed by atoms with Crippen LogP contribution in [0.25, 0.3) is 17.0 Å². The van der Waals surface area contributed by atoms with Gasteiger partial charge in [-0.25, -0.2) is 9.79 Å². The molecule has 2 aromatic heterocycles. The highest BCUT2D eigenvalue weighted by Crippen LogP contribution is 2.36. The van der Waals surface area contributed by atoms with E-state index in [9.17, 15) is 14.9 Å². The van der Waals surface area contributed by atoms with Crippen molar-refractivity contribution >= 4 is 34.3 Å². The van der Waals surface area contributed by atoms with E-state index in [4.69, 9.17) is 19.2 Å². The van der Waals surface area contributed by atoms with Crippen molar-refractivity contribution in [3.8, 4) is 17.6 Å². The number of para-hydroxylation sites is 1. The van der Waals surface area contributed by atoms with E-state index in [-0.39, 0.29) is 17.7 Å². The summed E-state index contributed by atoms with van der Waals surface area (Å²) in [7, 11) is 3.09. The van der Waals surface area contributed by atoms with Crippen LogP contribution in [0.5, 0.6) is 11.5 Å². The molecule has 0 amide bonds. The van der Waals surface area contributed by atoms with Crippen LogP contribution < -0.4 is 24.4 Å². The summed E-state index contributed by atoms with van der Waals surface area (Å²) in [5.41, 5.74) is 4.51.